The standard InChI is InChI=1S/C12H18FN3O/c1-8-5-10(14)12(15-6-8)17-11-3-4-16(2)7-9(11)13/h5-6,9,11H,3-4,7,14H2,1-2H3. The van der Waals surface area contributed by atoms with Crippen LogP contribution in [0.2, 0.25) is 0 Å². The van der Waals surface area contributed by atoms with Crippen LogP contribution in [0.25, 0.3) is 0 Å². The average molecular weight is 239 g/mol. The second-order valence-electron chi connectivity index (χ2n) is 4.63. The Morgan fingerprint density at radius 2 is 2.35 bits per heavy atom. The van der Waals surface area contributed by atoms with Crippen LogP contribution in [0.5, 0.6) is 5.88 Å². The summed E-state index contributed by atoms with van der Waals surface area (Å²) in [6.07, 6.45) is 0.903. The Balaban J connectivity index is 2.05. The fourth-order valence-corrected chi connectivity index (χ4v) is 1.99. The Morgan fingerprint density at radius 1 is 1.59 bits per heavy atom. The fourth-order valence-electron chi connectivity index (χ4n) is 1.99. The molecule has 0 spiro atoms. The van der Waals surface area contributed by atoms with E-state index in [2.05, 4.69) is 4.98 Å². The molecule has 5 heteroatoms. The van der Waals surface area contributed by atoms with Crippen molar-refractivity contribution in [3.05, 3.63) is 17.8 Å². The van der Waals surface area contributed by atoms with Crippen molar-refractivity contribution in [1.82, 2.24) is 9.88 Å². The van der Waals surface area contributed by atoms with Gasteiger partial charge >= 0.3 is 0 Å². The molecule has 1 aromatic rings. The van der Waals surface area contributed by atoms with Gasteiger partial charge in [-0.25, -0.2) is 9.37 Å². The largest absolute Gasteiger partial charge is 0.470 e. The number of aryl methyl sites for hydroxylation is 1. The van der Waals surface area contributed by atoms with E-state index in [-0.39, 0.29) is 0 Å². The van der Waals surface area contributed by atoms with Gasteiger partial charge in [0.25, 0.3) is 0 Å². The van der Waals surface area contributed by atoms with E-state index in [1.54, 1.807) is 12.3 Å². The van der Waals surface area contributed by atoms with Crippen molar-refractivity contribution in [1.29, 1.82) is 0 Å². The van der Waals surface area contributed by atoms with Gasteiger partial charge in [0.05, 0.1) is 5.69 Å². The average Bonchev–Trinajstić information content (AvgIpc) is 2.25. The molecule has 0 aromatic carbocycles. The molecule has 2 atom stereocenters. The molecule has 0 radical (unpaired) electrons. The minimum Gasteiger partial charge on any atom is -0.470 e. The maximum atomic E-state index is 13.8. The van der Waals surface area contributed by atoms with Crippen molar-refractivity contribution in [3.63, 3.8) is 0 Å². The third kappa shape index (κ3) is 2.85. The third-order valence-electron chi connectivity index (χ3n) is 2.96. The van der Waals surface area contributed by atoms with Crippen LogP contribution >= 0.6 is 0 Å². The highest BCUT2D eigenvalue weighted by Crippen LogP contribution is 2.24. The quantitative estimate of drug-likeness (QED) is 0.847. The van der Waals surface area contributed by atoms with Crippen LogP contribution in [0.4, 0.5) is 10.1 Å². The molecule has 2 unspecified atom stereocenters. The number of likely N-dealkylation sites (tertiary alicyclic amines) is 1. The van der Waals surface area contributed by atoms with Gasteiger partial charge in [-0.1, -0.05) is 0 Å². The molecule has 1 aliphatic rings. The van der Waals surface area contributed by atoms with Crippen LogP contribution in [-0.2, 0) is 0 Å². The molecule has 2 N–H and O–H groups in total. The van der Waals surface area contributed by atoms with E-state index in [0.29, 0.717) is 24.5 Å². The highest BCUT2D eigenvalue weighted by atomic mass is 19.1. The number of pyridine rings is 1. The monoisotopic (exact) mass is 239 g/mol. The van der Waals surface area contributed by atoms with Gasteiger partial charge in [-0.05, 0) is 32.0 Å². The number of hydrogen-bond acceptors (Lipinski definition) is 4. The Kier molecular flexibility index (Phi) is 3.47. The van der Waals surface area contributed by atoms with Crippen LogP contribution in [0.3, 0.4) is 0 Å². The maximum absolute atomic E-state index is 13.8. The second kappa shape index (κ2) is 4.87. The van der Waals surface area contributed by atoms with Crippen molar-refractivity contribution in [2.24, 2.45) is 0 Å². The SMILES string of the molecule is Cc1cnc(OC2CCN(C)CC2F)c(N)c1. The van der Waals surface area contributed by atoms with Gasteiger partial charge in [0.2, 0.25) is 5.88 Å². The molecular weight excluding hydrogens is 221 g/mol. The first-order chi connectivity index (χ1) is 8.06. The van der Waals surface area contributed by atoms with Crippen molar-refractivity contribution in [2.45, 2.75) is 25.6 Å². The fraction of sp³-hybridized carbons (Fsp3) is 0.583. The lowest BCUT2D eigenvalue weighted by Crippen LogP contribution is -2.45. The number of halogens is 1. The summed E-state index contributed by atoms with van der Waals surface area (Å²) in [5, 5.41) is 0. The smallest absolute Gasteiger partial charge is 0.237 e. The number of hydrogen-bond donors (Lipinski definition) is 1. The van der Waals surface area contributed by atoms with E-state index in [9.17, 15) is 4.39 Å². The molecule has 17 heavy (non-hydrogen) atoms. The van der Waals surface area contributed by atoms with Gasteiger partial charge in [0.15, 0.2) is 0 Å². The Hall–Kier alpha value is -1.36. The van der Waals surface area contributed by atoms with Crippen molar-refractivity contribution in [3.8, 4) is 5.88 Å². The summed E-state index contributed by atoms with van der Waals surface area (Å²) in [5.41, 5.74) is 7.23. The molecule has 1 aliphatic heterocycles. The first-order valence-corrected chi connectivity index (χ1v) is 5.77. The number of aromatic nitrogens is 1. The first-order valence-electron chi connectivity index (χ1n) is 5.77. The minimum atomic E-state index is -0.990. The van der Waals surface area contributed by atoms with Gasteiger partial charge in [-0.15, -0.1) is 0 Å². The number of piperidine rings is 1. The van der Waals surface area contributed by atoms with E-state index in [0.717, 1.165) is 12.1 Å². The summed E-state index contributed by atoms with van der Waals surface area (Å²) < 4.78 is 19.3. The first kappa shape index (κ1) is 12.1. The van der Waals surface area contributed by atoms with Gasteiger partial charge < -0.3 is 15.4 Å². The minimum absolute atomic E-state index is 0.341. The molecule has 94 valence electrons. The lowest BCUT2D eigenvalue weighted by molar-refractivity contribution is 0.0291. The Bertz CT molecular complexity index is 399. The molecule has 0 bridgehead atoms. The number of nitrogens with zero attached hydrogens (tertiary/aromatic N) is 2. The van der Waals surface area contributed by atoms with E-state index in [4.69, 9.17) is 10.5 Å². The van der Waals surface area contributed by atoms with Crippen LogP contribution in [0.15, 0.2) is 12.3 Å². The molecule has 0 aliphatic carbocycles. The molecule has 4 nitrogen and oxygen atoms in total. The van der Waals surface area contributed by atoms with Crippen LogP contribution < -0.4 is 10.5 Å². The van der Waals surface area contributed by atoms with E-state index < -0.39 is 12.3 Å². The highest BCUT2D eigenvalue weighted by Gasteiger charge is 2.29. The Labute approximate surface area is 101 Å². The topological polar surface area (TPSA) is 51.4 Å². The number of alkyl halides is 1. The summed E-state index contributed by atoms with van der Waals surface area (Å²) in [6.45, 7) is 3.13. The highest BCUT2D eigenvalue weighted by molar-refractivity contribution is 5.49. The van der Waals surface area contributed by atoms with Crippen LogP contribution in [0, 0.1) is 6.92 Å². The van der Waals surface area contributed by atoms with Crippen molar-refractivity contribution >= 4 is 5.69 Å². The third-order valence-corrected chi connectivity index (χ3v) is 2.96. The molecule has 1 aromatic heterocycles. The zero-order valence-corrected chi connectivity index (χ0v) is 10.2. The molecule has 0 amide bonds. The van der Waals surface area contributed by atoms with Crippen LogP contribution in [0.1, 0.15) is 12.0 Å². The summed E-state index contributed by atoms with van der Waals surface area (Å²) in [5.74, 6) is 0.341. The van der Waals surface area contributed by atoms with Gasteiger partial charge in [-0.3, -0.25) is 0 Å². The second-order valence-corrected chi connectivity index (χ2v) is 4.63. The molecule has 0 saturated carbocycles. The number of nitrogen functional groups attached to an aromatic ring is 1. The van der Waals surface area contributed by atoms with Crippen molar-refractivity contribution in [2.75, 3.05) is 25.9 Å². The predicted octanol–water partition coefficient (Wildman–Crippen LogP) is 1.39. The summed E-state index contributed by atoms with van der Waals surface area (Å²) in [6, 6.07) is 1.78. The summed E-state index contributed by atoms with van der Waals surface area (Å²) in [4.78, 5) is 6.05. The number of nitrogens with two attached hydrogens (primary N) is 1. The zero-order valence-electron chi connectivity index (χ0n) is 10.2. The molecule has 1 saturated heterocycles. The number of anilines is 1. The zero-order chi connectivity index (χ0) is 12.4. The van der Waals surface area contributed by atoms with Gasteiger partial charge in [0, 0.05) is 19.3 Å². The molecule has 2 heterocycles. The summed E-state index contributed by atoms with van der Waals surface area (Å²) >= 11 is 0. The normalized spacial score (nSPS) is 25.8. The lowest BCUT2D eigenvalue weighted by atomic mass is 10.1. The molecule has 1 fully saturated rings. The van der Waals surface area contributed by atoms with E-state index >= 15 is 0 Å². The summed E-state index contributed by atoms with van der Waals surface area (Å²) in [7, 11) is 1.90. The van der Waals surface area contributed by atoms with E-state index in [1.807, 2.05) is 18.9 Å². The predicted molar refractivity (Wildman–Crippen MR) is 64.8 cm³/mol. The van der Waals surface area contributed by atoms with Gasteiger partial charge in [-0.2, -0.15) is 0 Å². The number of rotatable bonds is 2. The van der Waals surface area contributed by atoms with E-state index in [1.165, 1.54) is 0 Å². The molecule has 2 rings (SSSR count). The van der Waals surface area contributed by atoms with Crippen molar-refractivity contribution < 1.29 is 9.13 Å². The molecular formula is C12H18FN3O. The Morgan fingerprint density at radius 3 is 3.00 bits per heavy atom. The van der Waals surface area contributed by atoms with Gasteiger partial charge in [0.1, 0.15) is 12.3 Å². The lowest BCUT2D eigenvalue weighted by Gasteiger charge is -2.32. The number of ether oxygens (including phenoxy) is 1. The maximum Gasteiger partial charge on any atom is 0.237 e. The van der Waals surface area contributed by atoms with Crippen LogP contribution in [-0.4, -0.2) is 42.3 Å².